The highest BCUT2D eigenvalue weighted by molar-refractivity contribution is 7.98. The number of nitrogens with one attached hydrogen (secondary N) is 1. The third kappa shape index (κ3) is 5.31. The lowest BCUT2D eigenvalue weighted by Crippen LogP contribution is -2.20. The smallest absolute Gasteiger partial charge is 0.293 e. The molecule has 0 aliphatic carbocycles. The van der Waals surface area contributed by atoms with E-state index < -0.39 is 5.91 Å². The number of nitrogens with two attached hydrogens (primary N) is 1. The molecule has 0 unspecified atom stereocenters. The van der Waals surface area contributed by atoms with Crippen LogP contribution in [-0.4, -0.2) is 37.4 Å². The molecule has 3 N–H and O–H groups in total. The van der Waals surface area contributed by atoms with Crippen molar-refractivity contribution in [2.24, 2.45) is 5.10 Å². The SMILES string of the molecule is Cc1ccc(SCc2c(C(=O)N/N=C/c3ccc(C(C)C)cc3)nnn2-c2nonc2N)cc1. The number of benzene rings is 2. The summed E-state index contributed by atoms with van der Waals surface area (Å²) in [6, 6.07) is 16.0. The summed E-state index contributed by atoms with van der Waals surface area (Å²) in [7, 11) is 0. The predicted octanol–water partition coefficient (Wildman–Crippen LogP) is 3.72. The number of hydrogen-bond donors (Lipinski definition) is 2. The fraction of sp³-hybridized carbons (Fsp3) is 0.217. The van der Waals surface area contributed by atoms with Crippen molar-refractivity contribution in [1.29, 1.82) is 0 Å². The Bertz CT molecular complexity index is 1290. The Balaban J connectivity index is 1.53. The lowest BCUT2D eigenvalue weighted by molar-refractivity contribution is 0.0949. The summed E-state index contributed by atoms with van der Waals surface area (Å²) < 4.78 is 6.05. The number of carbonyl (C=O) groups is 1. The quantitative estimate of drug-likeness (QED) is 0.223. The third-order valence-corrected chi connectivity index (χ3v) is 6.08. The van der Waals surface area contributed by atoms with E-state index in [4.69, 9.17) is 10.4 Å². The maximum Gasteiger partial charge on any atom is 0.293 e. The molecule has 0 saturated carbocycles. The summed E-state index contributed by atoms with van der Waals surface area (Å²) >= 11 is 1.52. The van der Waals surface area contributed by atoms with Gasteiger partial charge in [-0.2, -0.15) is 9.78 Å². The molecule has 4 aromatic rings. The highest BCUT2D eigenvalue weighted by atomic mass is 32.2. The summed E-state index contributed by atoms with van der Waals surface area (Å²) in [6.45, 7) is 6.29. The van der Waals surface area contributed by atoms with Gasteiger partial charge in [-0.25, -0.2) is 10.1 Å². The van der Waals surface area contributed by atoms with Crippen LogP contribution in [0.5, 0.6) is 0 Å². The topological polar surface area (TPSA) is 137 Å². The van der Waals surface area contributed by atoms with Crippen LogP contribution in [0.15, 0.2) is 63.2 Å². The van der Waals surface area contributed by atoms with Crippen LogP contribution >= 0.6 is 11.8 Å². The van der Waals surface area contributed by atoms with Crippen molar-refractivity contribution in [3.8, 4) is 5.82 Å². The van der Waals surface area contributed by atoms with E-state index >= 15 is 0 Å². The van der Waals surface area contributed by atoms with E-state index in [2.05, 4.69) is 45.0 Å². The third-order valence-electron chi connectivity index (χ3n) is 5.05. The number of carbonyl (C=O) groups excluding carboxylic acids is 1. The van der Waals surface area contributed by atoms with Crippen molar-refractivity contribution in [2.75, 3.05) is 5.73 Å². The normalized spacial score (nSPS) is 11.4. The number of aryl methyl sites for hydroxylation is 1. The van der Waals surface area contributed by atoms with Gasteiger partial charge >= 0.3 is 0 Å². The molecule has 10 nitrogen and oxygen atoms in total. The van der Waals surface area contributed by atoms with E-state index in [0.29, 0.717) is 17.4 Å². The Morgan fingerprint density at radius 1 is 1.18 bits per heavy atom. The average Bonchev–Trinajstić information content (AvgIpc) is 3.44. The Kier molecular flexibility index (Phi) is 7.02. The molecular formula is C23H24N8O2S. The van der Waals surface area contributed by atoms with Crippen molar-refractivity contribution >= 4 is 29.7 Å². The number of hydrazone groups is 1. The van der Waals surface area contributed by atoms with Crippen LogP contribution in [0.1, 0.15) is 52.6 Å². The zero-order valence-electron chi connectivity index (χ0n) is 19.0. The van der Waals surface area contributed by atoms with Gasteiger partial charge in [-0.05, 0) is 46.4 Å². The standard InChI is InChI=1S/C23H24N8O2S/c1-14(2)17-8-6-16(7-9-17)12-25-27-23(32)20-19(13-34-18-10-4-15(3)5-11-18)31(30-26-20)22-21(24)28-33-29-22/h4-12,14H,13H2,1-3H3,(H2,24,28)(H,27,32)/b25-12+. The van der Waals surface area contributed by atoms with E-state index in [-0.39, 0.29) is 17.3 Å². The molecule has 0 aliphatic rings. The molecule has 0 fully saturated rings. The molecule has 2 aromatic heterocycles. The van der Waals surface area contributed by atoms with Crippen LogP contribution in [-0.2, 0) is 5.75 Å². The van der Waals surface area contributed by atoms with Gasteiger partial charge < -0.3 is 5.73 Å². The summed E-state index contributed by atoms with van der Waals surface area (Å²) in [5.74, 6) is 0.529. The molecule has 1 amide bonds. The first-order valence-corrected chi connectivity index (χ1v) is 11.6. The monoisotopic (exact) mass is 476 g/mol. The molecule has 2 heterocycles. The summed E-state index contributed by atoms with van der Waals surface area (Å²) in [4.78, 5) is 13.9. The largest absolute Gasteiger partial charge is 0.378 e. The van der Waals surface area contributed by atoms with Crippen molar-refractivity contribution < 1.29 is 9.42 Å². The molecule has 0 atom stereocenters. The van der Waals surface area contributed by atoms with Gasteiger partial charge in [-0.15, -0.1) is 16.9 Å². The van der Waals surface area contributed by atoms with Gasteiger partial charge in [0, 0.05) is 10.6 Å². The predicted molar refractivity (Wildman–Crippen MR) is 130 cm³/mol. The second-order valence-electron chi connectivity index (χ2n) is 7.89. The number of nitrogen functional groups attached to an aromatic ring is 1. The first kappa shape index (κ1) is 23.2. The molecule has 11 heteroatoms. The minimum absolute atomic E-state index is 0.0429. The number of nitrogens with zero attached hydrogens (tertiary/aromatic N) is 6. The number of amides is 1. The Morgan fingerprint density at radius 3 is 2.56 bits per heavy atom. The highest BCUT2D eigenvalue weighted by Gasteiger charge is 2.24. The summed E-state index contributed by atoms with van der Waals surface area (Å²) in [6.07, 6.45) is 1.58. The van der Waals surface area contributed by atoms with Crippen molar-refractivity contribution in [1.82, 2.24) is 30.7 Å². The summed E-state index contributed by atoms with van der Waals surface area (Å²) in [5, 5.41) is 19.5. The highest BCUT2D eigenvalue weighted by Crippen LogP contribution is 2.26. The average molecular weight is 477 g/mol. The number of hydrogen-bond acceptors (Lipinski definition) is 9. The second kappa shape index (κ2) is 10.3. The molecule has 0 spiro atoms. The molecule has 34 heavy (non-hydrogen) atoms. The van der Waals surface area contributed by atoms with Gasteiger partial charge in [0.05, 0.1) is 11.9 Å². The van der Waals surface area contributed by atoms with E-state index in [1.807, 2.05) is 55.5 Å². The van der Waals surface area contributed by atoms with Crippen LogP contribution in [0, 0.1) is 6.92 Å². The van der Waals surface area contributed by atoms with Crippen molar-refractivity contribution in [2.45, 2.75) is 37.3 Å². The van der Waals surface area contributed by atoms with Gasteiger partial charge in [-0.1, -0.05) is 61.0 Å². The first-order chi connectivity index (χ1) is 16.4. The molecular weight excluding hydrogens is 452 g/mol. The van der Waals surface area contributed by atoms with E-state index in [1.54, 1.807) is 6.21 Å². The van der Waals surface area contributed by atoms with E-state index in [0.717, 1.165) is 16.0 Å². The van der Waals surface area contributed by atoms with Crippen LogP contribution in [0.2, 0.25) is 0 Å². The number of aromatic nitrogens is 5. The molecule has 0 saturated heterocycles. The molecule has 4 rings (SSSR count). The van der Waals surface area contributed by atoms with Gasteiger partial charge in [-0.3, -0.25) is 4.79 Å². The van der Waals surface area contributed by atoms with Crippen LogP contribution in [0.25, 0.3) is 5.82 Å². The fourth-order valence-electron chi connectivity index (χ4n) is 3.09. The zero-order valence-corrected chi connectivity index (χ0v) is 19.8. The van der Waals surface area contributed by atoms with Crippen molar-refractivity contribution in [3.63, 3.8) is 0 Å². The van der Waals surface area contributed by atoms with Gasteiger partial charge in [0.1, 0.15) is 0 Å². The summed E-state index contributed by atoms with van der Waals surface area (Å²) in [5.41, 5.74) is 12.2. The zero-order chi connectivity index (χ0) is 24.1. The first-order valence-electron chi connectivity index (χ1n) is 10.6. The van der Waals surface area contributed by atoms with Gasteiger partial charge in [0.2, 0.25) is 11.6 Å². The van der Waals surface area contributed by atoms with E-state index in [1.165, 1.54) is 22.0 Å². The van der Waals surface area contributed by atoms with Crippen LogP contribution in [0.4, 0.5) is 5.82 Å². The minimum Gasteiger partial charge on any atom is -0.378 e. The number of thioether (sulfide) groups is 1. The lowest BCUT2D eigenvalue weighted by atomic mass is 10.0. The Morgan fingerprint density at radius 2 is 1.91 bits per heavy atom. The molecule has 174 valence electrons. The number of rotatable bonds is 8. The van der Waals surface area contributed by atoms with Gasteiger partial charge in [0.15, 0.2) is 5.69 Å². The van der Waals surface area contributed by atoms with E-state index in [9.17, 15) is 4.79 Å². The number of anilines is 1. The van der Waals surface area contributed by atoms with Crippen LogP contribution in [0.3, 0.4) is 0 Å². The maximum absolute atomic E-state index is 12.9. The molecule has 2 aromatic carbocycles. The molecule has 0 radical (unpaired) electrons. The van der Waals surface area contributed by atoms with Gasteiger partial charge in [0.25, 0.3) is 5.91 Å². The lowest BCUT2D eigenvalue weighted by Gasteiger charge is -2.06. The Labute approximate surface area is 200 Å². The molecule has 0 bridgehead atoms. The minimum atomic E-state index is -0.504. The van der Waals surface area contributed by atoms with Crippen LogP contribution < -0.4 is 11.2 Å². The second-order valence-corrected chi connectivity index (χ2v) is 8.94. The molecule has 0 aliphatic heterocycles. The Hall–Kier alpha value is -3.99. The maximum atomic E-state index is 12.9. The van der Waals surface area contributed by atoms with Crippen molar-refractivity contribution in [3.05, 3.63) is 76.6 Å². The fourth-order valence-corrected chi connectivity index (χ4v) is 3.98.